The van der Waals surface area contributed by atoms with Crippen LogP contribution in [0.15, 0.2) is 10.6 Å². The van der Waals surface area contributed by atoms with Gasteiger partial charge in [0, 0.05) is 23.5 Å². The third kappa shape index (κ3) is 5.60. The molecule has 6 heteroatoms. The fourth-order valence-corrected chi connectivity index (χ4v) is 4.59. The minimum Gasteiger partial charge on any atom is -0.353 e. The van der Waals surface area contributed by atoms with Crippen molar-refractivity contribution in [2.45, 2.75) is 97.2 Å². The van der Waals surface area contributed by atoms with E-state index in [-0.39, 0.29) is 17.6 Å². The Morgan fingerprint density at radius 1 is 1.34 bits per heavy atom. The van der Waals surface area contributed by atoms with Gasteiger partial charge in [-0.15, -0.1) is 0 Å². The molecule has 1 aromatic rings. The summed E-state index contributed by atoms with van der Waals surface area (Å²) in [6, 6.07) is 1.90. The Labute approximate surface area is 175 Å². The van der Waals surface area contributed by atoms with Gasteiger partial charge in [-0.2, -0.15) is 0 Å². The molecule has 1 amide bonds. The van der Waals surface area contributed by atoms with Crippen molar-refractivity contribution in [2.75, 3.05) is 18.5 Å². The third-order valence-corrected chi connectivity index (χ3v) is 6.70. The summed E-state index contributed by atoms with van der Waals surface area (Å²) >= 11 is 0. The minimum absolute atomic E-state index is 0.0205. The van der Waals surface area contributed by atoms with E-state index in [1.54, 1.807) is 0 Å². The average molecular weight is 407 g/mol. The highest BCUT2D eigenvalue weighted by Gasteiger charge is 2.40. The molecular weight excluding hydrogens is 368 g/mol. The van der Waals surface area contributed by atoms with Crippen LogP contribution in [-0.2, 0) is 19.7 Å². The molecule has 1 aliphatic carbocycles. The molecule has 1 aliphatic heterocycles. The summed E-state index contributed by atoms with van der Waals surface area (Å²) in [6.07, 6.45) is 9.41. The number of hydrogen-bond acceptors (Lipinski definition) is 5. The van der Waals surface area contributed by atoms with Crippen molar-refractivity contribution in [3.05, 3.63) is 11.8 Å². The maximum absolute atomic E-state index is 12.8. The predicted molar refractivity (Wildman–Crippen MR) is 113 cm³/mol. The molecule has 2 atom stereocenters. The van der Waals surface area contributed by atoms with Crippen LogP contribution in [0.2, 0.25) is 0 Å². The van der Waals surface area contributed by atoms with Crippen molar-refractivity contribution in [3.8, 4) is 0 Å². The van der Waals surface area contributed by atoms with Crippen LogP contribution in [0.1, 0.15) is 91.2 Å². The zero-order valence-electron chi connectivity index (χ0n) is 18.6. The standard InChI is InChI=1S/C23H38N2O4/c1-5-17(2)15-22(3,4)21(26)24-19-14-18(25-29-19)23(11-7-8-12-23)16-28-20-10-6-9-13-27-20/h14,17,20H,5-13,15-16H2,1-4H3,(H,24,26). The Kier molecular flexibility index (Phi) is 7.38. The van der Waals surface area contributed by atoms with Gasteiger partial charge in [0.2, 0.25) is 11.8 Å². The molecule has 0 bridgehead atoms. The van der Waals surface area contributed by atoms with E-state index in [2.05, 4.69) is 24.3 Å². The first kappa shape index (κ1) is 22.3. The predicted octanol–water partition coefficient (Wildman–Crippen LogP) is 5.43. The maximum atomic E-state index is 12.8. The van der Waals surface area contributed by atoms with E-state index in [1.165, 1.54) is 0 Å². The molecule has 1 saturated heterocycles. The average Bonchev–Trinajstić information content (AvgIpc) is 3.37. The third-order valence-electron chi connectivity index (χ3n) is 6.70. The van der Waals surface area contributed by atoms with Crippen LogP contribution in [0.25, 0.3) is 0 Å². The first-order valence-electron chi connectivity index (χ1n) is 11.4. The van der Waals surface area contributed by atoms with Crippen LogP contribution in [-0.4, -0.2) is 30.6 Å². The fraction of sp³-hybridized carbons (Fsp3) is 0.826. The maximum Gasteiger partial charge on any atom is 0.232 e. The van der Waals surface area contributed by atoms with E-state index in [1.807, 2.05) is 19.9 Å². The second-order valence-corrected chi connectivity index (χ2v) is 9.73. The normalized spacial score (nSPS) is 23.1. The molecule has 6 nitrogen and oxygen atoms in total. The van der Waals surface area contributed by atoms with Crippen molar-refractivity contribution in [1.82, 2.24) is 5.16 Å². The minimum atomic E-state index is -0.450. The van der Waals surface area contributed by atoms with Crippen molar-refractivity contribution in [2.24, 2.45) is 11.3 Å². The highest BCUT2D eigenvalue weighted by Crippen LogP contribution is 2.42. The van der Waals surface area contributed by atoms with E-state index >= 15 is 0 Å². The lowest BCUT2D eigenvalue weighted by molar-refractivity contribution is -0.172. The summed E-state index contributed by atoms with van der Waals surface area (Å²) in [7, 11) is 0. The van der Waals surface area contributed by atoms with Crippen LogP contribution in [0.4, 0.5) is 5.88 Å². The number of aromatic nitrogens is 1. The number of ether oxygens (including phenoxy) is 2. The topological polar surface area (TPSA) is 73.6 Å². The van der Waals surface area contributed by atoms with Crippen LogP contribution in [0.3, 0.4) is 0 Å². The molecule has 29 heavy (non-hydrogen) atoms. The van der Waals surface area contributed by atoms with Gasteiger partial charge in [-0.3, -0.25) is 10.1 Å². The van der Waals surface area contributed by atoms with Crippen molar-refractivity contribution >= 4 is 11.8 Å². The molecule has 2 unspecified atom stereocenters. The molecule has 164 valence electrons. The lowest BCUT2D eigenvalue weighted by atomic mass is 9.81. The number of nitrogens with zero attached hydrogens (tertiary/aromatic N) is 1. The van der Waals surface area contributed by atoms with Gasteiger partial charge in [-0.1, -0.05) is 52.1 Å². The number of rotatable bonds is 9. The lowest BCUT2D eigenvalue weighted by Crippen LogP contribution is -2.33. The molecule has 1 N–H and O–H groups in total. The summed E-state index contributed by atoms with van der Waals surface area (Å²) < 4.78 is 17.4. The van der Waals surface area contributed by atoms with Gasteiger partial charge in [-0.25, -0.2) is 0 Å². The summed E-state index contributed by atoms with van der Waals surface area (Å²) in [4.78, 5) is 12.8. The monoisotopic (exact) mass is 406 g/mol. The molecular formula is C23H38N2O4. The number of hydrogen-bond donors (Lipinski definition) is 1. The van der Waals surface area contributed by atoms with Crippen LogP contribution >= 0.6 is 0 Å². The molecule has 1 aromatic heterocycles. The number of carbonyl (C=O) groups excluding carboxylic acids is 1. The second-order valence-electron chi connectivity index (χ2n) is 9.73. The van der Waals surface area contributed by atoms with Crippen molar-refractivity contribution in [1.29, 1.82) is 0 Å². The summed E-state index contributed by atoms with van der Waals surface area (Å²) in [6.45, 7) is 9.69. The van der Waals surface area contributed by atoms with Gasteiger partial charge in [0.05, 0.1) is 12.3 Å². The molecule has 3 rings (SSSR count). The molecule has 2 heterocycles. The first-order chi connectivity index (χ1) is 13.8. The molecule has 2 aliphatic rings. The Hall–Kier alpha value is -1.40. The number of anilines is 1. The van der Waals surface area contributed by atoms with Crippen molar-refractivity contribution < 1.29 is 18.8 Å². The lowest BCUT2D eigenvalue weighted by Gasteiger charge is -2.30. The molecule has 0 radical (unpaired) electrons. The van der Waals surface area contributed by atoms with E-state index in [4.69, 9.17) is 14.0 Å². The molecule has 1 saturated carbocycles. The summed E-state index contributed by atoms with van der Waals surface area (Å²) in [5, 5.41) is 7.28. The Balaban J connectivity index is 1.64. The zero-order valence-corrected chi connectivity index (χ0v) is 18.6. The SMILES string of the molecule is CCC(C)CC(C)(C)C(=O)Nc1cc(C2(COC3CCCCO3)CCCC2)no1. The zero-order chi connectivity index (χ0) is 20.9. The Morgan fingerprint density at radius 2 is 2.10 bits per heavy atom. The highest BCUT2D eigenvalue weighted by molar-refractivity contribution is 5.93. The second kappa shape index (κ2) is 9.61. The highest BCUT2D eigenvalue weighted by atomic mass is 16.7. The molecule has 0 aromatic carbocycles. The van der Waals surface area contributed by atoms with E-state index < -0.39 is 5.41 Å². The van der Waals surface area contributed by atoms with Gasteiger partial charge in [0.15, 0.2) is 6.29 Å². The van der Waals surface area contributed by atoms with Crippen LogP contribution in [0.5, 0.6) is 0 Å². The number of amides is 1. The van der Waals surface area contributed by atoms with Crippen LogP contribution < -0.4 is 5.32 Å². The van der Waals surface area contributed by atoms with Gasteiger partial charge in [0.25, 0.3) is 0 Å². The first-order valence-corrected chi connectivity index (χ1v) is 11.4. The van der Waals surface area contributed by atoms with Gasteiger partial charge >= 0.3 is 0 Å². The van der Waals surface area contributed by atoms with Gasteiger partial charge < -0.3 is 14.0 Å². The number of carbonyl (C=O) groups is 1. The van der Waals surface area contributed by atoms with E-state index in [0.29, 0.717) is 18.4 Å². The fourth-order valence-electron chi connectivity index (χ4n) is 4.59. The Morgan fingerprint density at radius 3 is 2.76 bits per heavy atom. The van der Waals surface area contributed by atoms with E-state index in [9.17, 15) is 4.79 Å². The van der Waals surface area contributed by atoms with Crippen LogP contribution in [0, 0.1) is 11.3 Å². The summed E-state index contributed by atoms with van der Waals surface area (Å²) in [5.74, 6) is 0.914. The summed E-state index contributed by atoms with van der Waals surface area (Å²) in [5.41, 5.74) is 0.301. The van der Waals surface area contributed by atoms with Gasteiger partial charge in [-0.05, 0) is 44.4 Å². The smallest absolute Gasteiger partial charge is 0.232 e. The largest absolute Gasteiger partial charge is 0.353 e. The Bertz CT molecular complexity index is 658. The van der Waals surface area contributed by atoms with Crippen molar-refractivity contribution in [3.63, 3.8) is 0 Å². The quantitative estimate of drug-likeness (QED) is 0.592. The molecule has 2 fully saturated rings. The van der Waals surface area contributed by atoms with E-state index in [0.717, 1.165) is 70.1 Å². The number of nitrogens with one attached hydrogen (secondary N) is 1. The molecule has 0 spiro atoms. The van der Waals surface area contributed by atoms with Gasteiger partial charge in [0.1, 0.15) is 0 Å².